The molecule has 0 N–H and O–H groups in total. The van der Waals surface area contributed by atoms with Gasteiger partial charge in [-0.15, -0.1) is 0 Å². The number of aromatic nitrogens is 2. The van der Waals surface area contributed by atoms with Crippen LogP contribution in [-0.4, -0.2) is 4.57 Å². The fourth-order valence-corrected chi connectivity index (χ4v) is 6.30. The van der Waals surface area contributed by atoms with Crippen LogP contribution in [0.25, 0.3) is 0 Å². The molecule has 0 atom stereocenters. The lowest BCUT2D eigenvalue weighted by Gasteiger charge is -2.07. The Morgan fingerprint density at radius 3 is 1.18 bits per heavy atom. The van der Waals surface area contributed by atoms with Gasteiger partial charge in [-0.1, -0.05) is 181 Å². The van der Waals surface area contributed by atoms with Gasteiger partial charge in [-0.05, 0) is 25.7 Å². The first-order chi connectivity index (χ1) is 19.8. The highest BCUT2D eigenvalue weighted by molar-refractivity contribution is 4.84. The number of nitrogens with zero attached hydrogens (tertiary/aromatic N) is 2. The molecule has 1 aromatic rings. The van der Waals surface area contributed by atoms with Crippen molar-refractivity contribution in [2.45, 2.75) is 226 Å². The van der Waals surface area contributed by atoms with Crippen molar-refractivity contribution in [1.29, 1.82) is 0 Å². The molecule has 0 aliphatic carbocycles. The van der Waals surface area contributed by atoms with Gasteiger partial charge in [0, 0.05) is 6.42 Å². The lowest BCUT2D eigenvalue weighted by molar-refractivity contribution is -0.704. The Morgan fingerprint density at radius 2 is 0.775 bits per heavy atom. The molecule has 0 amide bonds. The zero-order chi connectivity index (χ0) is 28.8. The van der Waals surface area contributed by atoms with Gasteiger partial charge < -0.3 is 0 Å². The van der Waals surface area contributed by atoms with Crippen LogP contribution in [0.15, 0.2) is 12.4 Å². The molecule has 0 aromatic carbocycles. The highest BCUT2D eigenvalue weighted by atomic mass is 15.1. The lowest BCUT2D eigenvalue weighted by atomic mass is 10.0. The molecule has 0 spiro atoms. The van der Waals surface area contributed by atoms with Crippen LogP contribution in [0.1, 0.15) is 213 Å². The highest BCUT2D eigenvalue weighted by Gasteiger charge is 2.16. The highest BCUT2D eigenvalue weighted by Crippen LogP contribution is 2.15. The van der Waals surface area contributed by atoms with E-state index in [0.717, 1.165) is 0 Å². The van der Waals surface area contributed by atoms with Crippen molar-refractivity contribution in [1.82, 2.24) is 4.57 Å². The van der Waals surface area contributed by atoms with Gasteiger partial charge >= 0.3 is 0 Å². The molecule has 236 valence electrons. The summed E-state index contributed by atoms with van der Waals surface area (Å²) in [6, 6.07) is 0. The van der Waals surface area contributed by atoms with Gasteiger partial charge in [0.1, 0.15) is 12.4 Å². The van der Waals surface area contributed by atoms with Crippen LogP contribution in [0.3, 0.4) is 0 Å². The Hall–Kier alpha value is -0.790. The predicted octanol–water partition coefficient (Wildman–Crippen LogP) is 12.7. The summed E-state index contributed by atoms with van der Waals surface area (Å²) in [5.41, 5.74) is 0. The van der Waals surface area contributed by atoms with Crippen LogP contribution in [0.4, 0.5) is 0 Å². The molecular weight excluding hydrogens is 484 g/mol. The summed E-state index contributed by atoms with van der Waals surface area (Å²) in [6.07, 6.45) is 47.5. The van der Waals surface area contributed by atoms with Crippen LogP contribution in [0.2, 0.25) is 0 Å². The van der Waals surface area contributed by atoms with Crippen LogP contribution in [0.5, 0.6) is 0 Å². The van der Waals surface area contributed by atoms with Crippen molar-refractivity contribution in [3.8, 4) is 0 Å². The average Bonchev–Trinajstić information content (AvgIpc) is 3.35. The summed E-state index contributed by atoms with van der Waals surface area (Å²) >= 11 is 0. The maximum absolute atomic E-state index is 2.60. The van der Waals surface area contributed by atoms with Crippen LogP contribution >= 0.6 is 0 Å². The van der Waals surface area contributed by atoms with Crippen molar-refractivity contribution in [3.63, 3.8) is 0 Å². The normalized spacial score (nSPS) is 11.6. The van der Waals surface area contributed by atoms with E-state index in [4.69, 9.17) is 0 Å². The van der Waals surface area contributed by atoms with Crippen LogP contribution < -0.4 is 4.57 Å². The SMILES string of the molecule is CCCCCCCCCCCCCCCCCCCc1n(CCCC)cc[n+]1CCCCCCCCCCCC. The monoisotopic (exact) mass is 560 g/mol. The van der Waals surface area contributed by atoms with Crippen molar-refractivity contribution in [2.75, 3.05) is 0 Å². The van der Waals surface area contributed by atoms with Gasteiger partial charge in [-0.3, -0.25) is 0 Å². The van der Waals surface area contributed by atoms with E-state index < -0.39 is 0 Å². The van der Waals surface area contributed by atoms with Gasteiger partial charge in [-0.2, -0.15) is 0 Å². The molecule has 1 heterocycles. The molecule has 0 saturated heterocycles. The maximum atomic E-state index is 2.60. The first-order valence-electron chi connectivity index (χ1n) is 18.9. The number of hydrogen-bond acceptors (Lipinski definition) is 0. The van der Waals surface area contributed by atoms with E-state index in [1.807, 2.05) is 0 Å². The summed E-state index contributed by atoms with van der Waals surface area (Å²) in [5.74, 6) is 1.60. The number of rotatable bonds is 32. The summed E-state index contributed by atoms with van der Waals surface area (Å²) < 4.78 is 5.18. The quantitative estimate of drug-likeness (QED) is 0.0613. The molecule has 0 aliphatic rings. The fourth-order valence-electron chi connectivity index (χ4n) is 6.30. The first-order valence-corrected chi connectivity index (χ1v) is 18.9. The molecule has 1 rings (SSSR count). The molecule has 0 fully saturated rings. The van der Waals surface area contributed by atoms with E-state index in [1.54, 1.807) is 5.82 Å². The molecule has 1 aromatic heterocycles. The third-order valence-electron chi connectivity index (χ3n) is 9.10. The average molecular weight is 560 g/mol. The molecule has 2 heteroatoms. The fraction of sp³-hybridized carbons (Fsp3) is 0.921. The third-order valence-corrected chi connectivity index (χ3v) is 9.10. The van der Waals surface area contributed by atoms with E-state index in [1.165, 1.54) is 206 Å². The van der Waals surface area contributed by atoms with E-state index >= 15 is 0 Å². The number of hydrogen-bond donors (Lipinski definition) is 0. The van der Waals surface area contributed by atoms with Gasteiger partial charge in [-0.25, -0.2) is 9.13 Å². The minimum atomic E-state index is 1.20. The first kappa shape index (κ1) is 37.2. The largest absolute Gasteiger partial charge is 0.256 e. The van der Waals surface area contributed by atoms with Gasteiger partial charge in [0.15, 0.2) is 0 Å². The van der Waals surface area contributed by atoms with E-state index in [9.17, 15) is 0 Å². The second-order valence-corrected chi connectivity index (χ2v) is 13.0. The zero-order valence-electron chi connectivity index (χ0n) is 28.2. The Morgan fingerprint density at radius 1 is 0.425 bits per heavy atom. The number of unbranched alkanes of at least 4 members (excludes halogenated alkanes) is 26. The Bertz CT molecular complexity index is 619. The van der Waals surface area contributed by atoms with E-state index in [-0.39, 0.29) is 0 Å². The van der Waals surface area contributed by atoms with E-state index in [0.29, 0.717) is 0 Å². The van der Waals surface area contributed by atoms with Crippen molar-refractivity contribution < 1.29 is 4.57 Å². The van der Waals surface area contributed by atoms with Crippen LogP contribution in [-0.2, 0) is 19.5 Å². The lowest BCUT2D eigenvalue weighted by Crippen LogP contribution is -2.37. The second-order valence-electron chi connectivity index (χ2n) is 13.0. The Labute approximate surface area is 253 Å². The van der Waals surface area contributed by atoms with Crippen LogP contribution in [0, 0.1) is 0 Å². The maximum Gasteiger partial charge on any atom is 0.256 e. The topological polar surface area (TPSA) is 8.81 Å². The van der Waals surface area contributed by atoms with Crippen molar-refractivity contribution in [3.05, 3.63) is 18.2 Å². The van der Waals surface area contributed by atoms with Crippen molar-refractivity contribution in [2.24, 2.45) is 0 Å². The molecular formula is C38H75N2+. The number of imidazole rings is 1. The third kappa shape index (κ3) is 21.9. The summed E-state index contributed by atoms with van der Waals surface area (Å²) in [7, 11) is 0. The molecule has 0 radical (unpaired) electrons. The van der Waals surface area contributed by atoms with Crippen molar-refractivity contribution >= 4 is 0 Å². The molecule has 0 unspecified atom stereocenters. The zero-order valence-corrected chi connectivity index (χ0v) is 28.2. The summed E-state index contributed by atoms with van der Waals surface area (Å²) in [4.78, 5) is 0. The molecule has 0 saturated carbocycles. The predicted molar refractivity (Wildman–Crippen MR) is 179 cm³/mol. The summed E-state index contributed by atoms with van der Waals surface area (Å²) in [6.45, 7) is 9.36. The number of aryl methyl sites for hydroxylation is 2. The van der Waals surface area contributed by atoms with Gasteiger partial charge in [0.05, 0.1) is 13.1 Å². The summed E-state index contributed by atoms with van der Waals surface area (Å²) in [5, 5.41) is 0. The van der Waals surface area contributed by atoms with E-state index in [2.05, 4.69) is 42.3 Å². The Balaban J connectivity index is 2.07. The molecule has 40 heavy (non-hydrogen) atoms. The Kier molecular flexibility index (Phi) is 27.6. The second kappa shape index (κ2) is 29.7. The van der Waals surface area contributed by atoms with Gasteiger partial charge in [0.2, 0.25) is 0 Å². The minimum Gasteiger partial charge on any atom is -0.234 e. The standard InChI is InChI=1S/C38H75N2/c1-4-7-10-12-14-16-18-19-20-21-22-23-24-25-27-29-31-33-38-39(34-9-6-3)36-37-40(38)35-32-30-28-26-17-15-13-11-8-5-2/h36-37H,4-35H2,1-3H3/q+1. The smallest absolute Gasteiger partial charge is 0.234 e. The molecule has 0 bridgehead atoms. The molecule has 0 aliphatic heterocycles. The van der Waals surface area contributed by atoms with Gasteiger partial charge in [0.25, 0.3) is 5.82 Å². The molecule has 2 nitrogen and oxygen atoms in total. The minimum absolute atomic E-state index is 1.20.